The van der Waals surface area contributed by atoms with Gasteiger partial charge in [-0.15, -0.1) is 6.58 Å². The van der Waals surface area contributed by atoms with Crippen LogP contribution in [0, 0.1) is 25.7 Å². The number of halogens is 1. The van der Waals surface area contributed by atoms with Crippen molar-refractivity contribution in [3.05, 3.63) is 42.0 Å². The number of aliphatic carboxylic acids is 1. The molecule has 8 nitrogen and oxygen atoms in total. The van der Waals surface area contributed by atoms with Crippen LogP contribution in [0.2, 0.25) is 0 Å². The molecule has 36 heavy (non-hydrogen) atoms. The molecule has 3 aliphatic rings. The van der Waals surface area contributed by atoms with Crippen LogP contribution >= 0.6 is 15.9 Å². The van der Waals surface area contributed by atoms with Crippen molar-refractivity contribution in [3.63, 3.8) is 0 Å². The molecule has 3 unspecified atom stereocenters. The zero-order chi connectivity index (χ0) is 26.2. The van der Waals surface area contributed by atoms with E-state index in [1.165, 1.54) is 0 Å². The van der Waals surface area contributed by atoms with Crippen LogP contribution in [0.5, 0.6) is 0 Å². The van der Waals surface area contributed by atoms with Gasteiger partial charge >= 0.3 is 5.97 Å². The molecule has 4 rings (SSSR count). The molecule has 1 spiro atoms. The summed E-state index contributed by atoms with van der Waals surface area (Å²) in [6.07, 6.45) is 4.34. The number of fused-ring (bicyclic) bond motifs is 1. The van der Waals surface area contributed by atoms with Crippen LogP contribution in [0.3, 0.4) is 0 Å². The van der Waals surface area contributed by atoms with Crippen LogP contribution in [0.1, 0.15) is 43.2 Å². The van der Waals surface area contributed by atoms with E-state index in [-0.39, 0.29) is 29.8 Å². The van der Waals surface area contributed by atoms with Gasteiger partial charge in [0.05, 0.1) is 17.9 Å². The van der Waals surface area contributed by atoms with E-state index in [1.54, 1.807) is 15.9 Å². The number of likely N-dealkylation sites (tertiary alicyclic amines) is 1. The number of anilines is 1. The maximum absolute atomic E-state index is 14.4. The molecule has 0 aliphatic carbocycles. The monoisotopic (exact) mass is 562 g/mol. The van der Waals surface area contributed by atoms with Crippen LogP contribution in [-0.4, -0.2) is 75.2 Å². The Balaban J connectivity index is 1.75. The number of amides is 2. The van der Waals surface area contributed by atoms with Gasteiger partial charge in [0.1, 0.15) is 11.6 Å². The third-order valence-corrected chi connectivity index (χ3v) is 8.69. The summed E-state index contributed by atoms with van der Waals surface area (Å²) < 4.78 is 6.37. The molecule has 3 aliphatic heterocycles. The fourth-order valence-electron chi connectivity index (χ4n) is 6.27. The van der Waals surface area contributed by atoms with Crippen molar-refractivity contribution in [1.29, 1.82) is 0 Å². The highest BCUT2D eigenvalue weighted by molar-refractivity contribution is 9.09. The number of carboxylic acids is 1. The molecule has 2 N–H and O–H groups in total. The highest BCUT2D eigenvalue weighted by Gasteiger charge is 2.76. The molecule has 1 aromatic rings. The van der Waals surface area contributed by atoms with Gasteiger partial charge in [-0.1, -0.05) is 47.0 Å². The molecule has 1 aromatic carbocycles. The quantitative estimate of drug-likeness (QED) is 0.243. The number of hydrogen-bond donors (Lipinski definition) is 2. The van der Waals surface area contributed by atoms with Gasteiger partial charge in [0.2, 0.25) is 5.91 Å². The number of alkyl halides is 1. The molecule has 2 amide bonds. The van der Waals surface area contributed by atoms with Crippen molar-refractivity contribution in [2.75, 3.05) is 24.6 Å². The van der Waals surface area contributed by atoms with E-state index in [0.29, 0.717) is 25.8 Å². The summed E-state index contributed by atoms with van der Waals surface area (Å²) in [5.74, 6) is -3.56. The Morgan fingerprint density at radius 2 is 2.00 bits per heavy atom. The van der Waals surface area contributed by atoms with Crippen LogP contribution < -0.4 is 4.90 Å². The predicted octanol–water partition coefficient (Wildman–Crippen LogP) is 3.21. The lowest BCUT2D eigenvalue weighted by Crippen LogP contribution is -2.57. The Hall–Kier alpha value is -2.23. The molecular weight excluding hydrogens is 528 g/mol. The lowest BCUT2D eigenvalue weighted by molar-refractivity contribution is -0.149. The molecule has 3 saturated heterocycles. The average Bonchev–Trinajstić information content (AvgIpc) is 3.42. The van der Waals surface area contributed by atoms with Crippen molar-refractivity contribution in [3.8, 4) is 0 Å². The van der Waals surface area contributed by atoms with Gasteiger partial charge < -0.3 is 24.7 Å². The second kappa shape index (κ2) is 10.6. The molecule has 6 atom stereocenters. The standard InChI is InChI=1S/C27H35BrN2O6/c1-4-11-29(19-14-16(2)9-10-17(19)3)25(33)23-27-15-18(28)22(36-27)20(26(34)35)21(27)24(32)30(23)12-7-5-6-8-13-31/h4,9-10,14,18,20-23,31H,1,5-8,11-13,15H2,2-3H3,(H,34,35)/t18?,20-,21-,22-,23?,27?/m0/s1. The second-order valence-corrected chi connectivity index (χ2v) is 11.4. The van der Waals surface area contributed by atoms with E-state index in [0.717, 1.165) is 29.7 Å². The van der Waals surface area contributed by atoms with Gasteiger partial charge in [-0.3, -0.25) is 14.4 Å². The van der Waals surface area contributed by atoms with Crippen molar-refractivity contribution in [2.45, 2.75) is 68.5 Å². The molecule has 0 saturated carbocycles. The summed E-state index contributed by atoms with van der Waals surface area (Å²) in [7, 11) is 0. The number of ether oxygens (including phenoxy) is 1. The molecule has 3 heterocycles. The minimum atomic E-state index is -1.20. The number of carbonyl (C=O) groups is 3. The van der Waals surface area contributed by atoms with E-state index in [2.05, 4.69) is 22.5 Å². The van der Waals surface area contributed by atoms with Crippen LogP contribution in [-0.2, 0) is 19.1 Å². The topological polar surface area (TPSA) is 107 Å². The molecule has 0 aromatic heterocycles. The number of rotatable bonds is 11. The maximum Gasteiger partial charge on any atom is 0.310 e. The Morgan fingerprint density at radius 3 is 2.67 bits per heavy atom. The number of nitrogens with zero attached hydrogens (tertiary/aromatic N) is 2. The van der Waals surface area contributed by atoms with Gasteiger partial charge in [-0.05, 0) is 50.3 Å². The fourth-order valence-corrected chi connectivity index (χ4v) is 7.22. The van der Waals surface area contributed by atoms with Gasteiger partial charge in [0, 0.05) is 30.2 Å². The summed E-state index contributed by atoms with van der Waals surface area (Å²) in [6.45, 7) is 8.44. The zero-order valence-electron chi connectivity index (χ0n) is 20.9. The average molecular weight is 563 g/mol. The largest absolute Gasteiger partial charge is 0.481 e. The molecule has 196 valence electrons. The predicted molar refractivity (Wildman–Crippen MR) is 139 cm³/mol. The van der Waals surface area contributed by atoms with E-state index < -0.39 is 35.6 Å². The molecule has 3 fully saturated rings. The molecular formula is C27H35BrN2O6. The number of benzene rings is 1. The highest BCUT2D eigenvalue weighted by Crippen LogP contribution is 2.60. The van der Waals surface area contributed by atoms with Crippen molar-refractivity contribution in [2.24, 2.45) is 11.8 Å². The van der Waals surface area contributed by atoms with Gasteiger partial charge in [-0.2, -0.15) is 0 Å². The molecule has 9 heteroatoms. The fraction of sp³-hybridized carbons (Fsp3) is 0.593. The number of hydrogen-bond acceptors (Lipinski definition) is 5. The molecule has 2 bridgehead atoms. The summed E-state index contributed by atoms with van der Waals surface area (Å²) in [6, 6.07) is 4.96. The Bertz CT molecular complexity index is 1050. The normalized spacial score (nSPS) is 30.5. The van der Waals surface area contributed by atoms with Crippen LogP contribution in [0.25, 0.3) is 0 Å². The smallest absolute Gasteiger partial charge is 0.310 e. The van der Waals surface area contributed by atoms with Crippen molar-refractivity contribution >= 4 is 39.4 Å². The minimum Gasteiger partial charge on any atom is -0.481 e. The third-order valence-electron chi connectivity index (χ3n) is 7.85. The first-order chi connectivity index (χ1) is 17.2. The molecule has 0 radical (unpaired) electrons. The van der Waals surface area contributed by atoms with Crippen molar-refractivity contribution < 1.29 is 29.3 Å². The first-order valence-electron chi connectivity index (χ1n) is 12.6. The Morgan fingerprint density at radius 1 is 1.28 bits per heavy atom. The Labute approximate surface area is 220 Å². The lowest BCUT2D eigenvalue weighted by atomic mass is 9.70. The number of carbonyl (C=O) groups excluding carboxylic acids is 2. The summed E-state index contributed by atoms with van der Waals surface area (Å²) in [4.78, 5) is 43.5. The number of aliphatic hydroxyl groups excluding tert-OH is 1. The van der Waals surface area contributed by atoms with Gasteiger partial charge in [-0.25, -0.2) is 0 Å². The number of carboxylic acid groups (broad SMARTS) is 1. The number of aliphatic hydroxyl groups is 1. The lowest BCUT2D eigenvalue weighted by Gasteiger charge is -2.37. The van der Waals surface area contributed by atoms with Gasteiger partial charge in [0.25, 0.3) is 5.91 Å². The first-order valence-corrected chi connectivity index (χ1v) is 13.5. The minimum absolute atomic E-state index is 0.115. The third kappa shape index (κ3) is 4.39. The van der Waals surface area contributed by atoms with E-state index in [1.807, 2.05) is 32.0 Å². The second-order valence-electron chi connectivity index (χ2n) is 10.2. The van der Waals surface area contributed by atoms with E-state index >= 15 is 0 Å². The summed E-state index contributed by atoms with van der Waals surface area (Å²) in [5, 5.41) is 19.1. The van der Waals surface area contributed by atoms with E-state index in [4.69, 9.17) is 9.84 Å². The van der Waals surface area contributed by atoms with Crippen molar-refractivity contribution in [1.82, 2.24) is 4.90 Å². The van der Waals surface area contributed by atoms with Crippen LogP contribution in [0.15, 0.2) is 30.9 Å². The summed E-state index contributed by atoms with van der Waals surface area (Å²) in [5.41, 5.74) is 1.47. The first kappa shape index (κ1) is 26.8. The SMILES string of the molecule is C=CCN(C(=O)C1N(CCCCCCO)C(=O)[C@@H]2[C@H](C(=O)O)[C@H]3OC12CC3Br)c1cc(C)ccc1C. The Kier molecular flexibility index (Phi) is 7.92. The van der Waals surface area contributed by atoms with E-state index in [9.17, 15) is 19.5 Å². The highest BCUT2D eigenvalue weighted by atomic mass is 79.9. The summed E-state index contributed by atoms with van der Waals surface area (Å²) >= 11 is 3.58. The number of unbranched alkanes of at least 4 members (excludes halogenated alkanes) is 3. The zero-order valence-corrected chi connectivity index (χ0v) is 22.4. The van der Waals surface area contributed by atoms with Crippen LogP contribution in [0.4, 0.5) is 5.69 Å². The maximum atomic E-state index is 14.4. The van der Waals surface area contributed by atoms with Gasteiger partial charge in [0.15, 0.2) is 0 Å². The number of aryl methyl sites for hydroxylation is 2.